The zero-order valence-corrected chi connectivity index (χ0v) is 7.10. The lowest BCUT2D eigenvalue weighted by atomic mass is 10.1. The third-order valence-electron chi connectivity index (χ3n) is 2.39. The molecule has 1 heteroatoms. The first-order chi connectivity index (χ1) is 5.68. The van der Waals surface area contributed by atoms with E-state index in [-0.39, 0.29) is 0 Å². The van der Waals surface area contributed by atoms with Gasteiger partial charge >= 0.3 is 0 Å². The van der Waals surface area contributed by atoms with E-state index in [2.05, 4.69) is 6.58 Å². The van der Waals surface area contributed by atoms with Crippen molar-refractivity contribution in [3.05, 3.63) is 41.5 Å². The summed E-state index contributed by atoms with van der Waals surface area (Å²) in [6.45, 7) is 5.76. The van der Waals surface area contributed by atoms with Crippen LogP contribution in [-0.2, 0) is 6.42 Å². The van der Waals surface area contributed by atoms with E-state index < -0.39 is 6.17 Å². The average molecular weight is 162 g/mol. The van der Waals surface area contributed by atoms with Crippen LogP contribution < -0.4 is 0 Å². The minimum absolute atomic E-state index is 0.508. The van der Waals surface area contributed by atoms with Gasteiger partial charge in [0.2, 0.25) is 0 Å². The molecule has 0 bridgehead atoms. The molecule has 2 rings (SSSR count). The molecule has 12 heavy (non-hydrogen) atoms. The topological polar surface area (TPSA) is 0 Å². The highest BCUT2D eigenvalue weighted by molar-refractivity contribution is 5.74. The molecule has 0 N–H and O–H groups in total. The Labute approximate surface area is 71.7 Å². The first-order valence-electron chi connectivity index (χ1n) is 4.11. The molecular weight excluding hydrogens is 151 g/mol. The van der Waals surface area contributed by atoms with Crippen LogP contribution in [0, 0.1) is 6.92 Å². The summed E-state index contributed by atoms with van der Waals surface area (Å²) in [6.07, 6.45) is -0.351. The van der Waals surface area contributed by atoms with Gasteiger partial charge in [-0.1, -0.05) is 30.3 Å². The summed E-state index contributed by atoms with van der Waals surface area (Å²) in [7, 11) is 0. The van der Waals surface area contributed by atoms with Crippen molar-refractivity contribution in [3.8, 4) is 0 Å². The number of benzene rings is 1. The first-order valence-corrected chi connectivity index (χ1v) is 4.11. The lowest BCUT2D eigenvalue weighted by molar-refractivity contribution is 0.421. The van der Waals surface area contributed by atoms with E-state index in [0.29, 0.717) is 12.0 Å². The van der Waals surface area contributed by atoms with E-state index in [1.165, 1.54) is 5.56 Å². The van der Waals surface area contributed by atoms with Crippen molar-refractivity contribution < 1.29 is 4.39 Å². The molecule has 1 unspecified atom stereocenters. The van der Waals surface area contributed by atoms with E-state index in [1.54, 1.807) is 0 Å². The molecule has 0 saturated carbocycles. The maximum atomic E-state index is 13.1. The Morgan fingerprint density at radius 2 is 2.25 bits per heavy atom. The summed E-state index contributed by atoms with van der Waals surface area (Å²) >= 11 is 0. The molecular formula is C11H11F. The Morgan fingerprint density at radius 1 is 1.50 bits per heavy atom. The number of hydrogen-bond acceptors (Lipinski definition) is 0. The Hall–Kier alpha value is -1.11. The van der Waals surface area contributed by atoms with E-state index in [0.717, 1.165) is 11.1 Å². The second kappa shape index (κ2) is 2.44. The van der Waals surface area contributed by atoms with Crippen LogP contribution in [0.25, 0.3) is 5.57 Å². The van der Waals surface area contributed by atoms with Gasteiger partial charge < -0.3 is 0 Å². The maximum absolute atomic E-state index is 13.1. The highest BCUT2D eigenvalue weighted by atomic mass is 19.1. The molecule has 0 aliphatic heterocycles. The van der Waals surface area contributed by atoms with Crippen molar-refractivity contribution in [2.45, 2.75) is 19.5 Å². The molecule has 0 amide bonds. The SMILES string of the molecule is C=C1c2cc(C)ccc2CC1F. The van der Waals surface area contributed by atoms with Crippen molar-refractivity contribution in [2.24, 2.45) is 0 Å². The monoisotopic (exact) mass is 162 g/mol. The summed E-state index contributed by atoms with van der Waals surface area (Å²) in [4.78, 5) is 0. The lowest BCUT2D eigenvalue weighted by Gasteiger charge is -2.00. The number of fused-ring (bicyclic) bond motifs is 1. The molecule has 1 aromatic rings. The van der Waals surface area contributed by atoms with Crippen LogP contribution in [0.1, 0.15) is 16.7 Å². The second-order valence-corrected chi connectivity index (χ2v) is 3.36. The summed E-state index contributed by atoms with van der Waals surface area (Å²) in [5.74, 6) is 0. The zero-order valence-electron chi connectivity index (χ0n) is 7.10. The van der Waals surface area contributed by atoms with Crippen LogP contribution in [0.15, 0.2) is 24.8 Å². The fourth-order valence-electron chi connectivity index (χ4n) is 1.65. The largest absolute Gasteiger partial charge is 0.242 e. The van der Waals surface area contributed by atoms with Gasteiger partial charge in [-0.15, -0.1) is 0 Å². The number of aryl methyl sites for hydroxylation is 1. The molecule has 0 saturated heterocycles. The van der Waals surface area contributed by atoms with Crippen molar-refractivity contribution >= 4 is 5.57 Å². The summed E-state index contributed by atoms with van der Waals surface area (Å²) in [5.41, 5.74) is 3.93. The quantitative estimate of drug-likeness (QED) is 0.550. The Kier molecular flexibility index (Phi) is 1.53. The van der Waals surface area contributed by atoms with Crippen LogP contribution in [0.5, 0.6) is 0 Å². The van der Waals surface area contributed by atoms with Gasteiger partial charge in [-0.3, -0.25) is 0 Å². The predicted molar refractivity (Wildman–Crippen MR) is 48.8 cm³/mol. The minimum atomic E-state index is -0.859. The van der Waals surface area contributed by atoms with Gasteiger partial charge in [-0.05, 0) is 23.6 Å². The molecule has 1 aromatic carbocycles. The van der Waals surface area contributed by atoms with Gasteiger partial charge in [0.05, 0.1) is 0 Å². The molecule has 1 atom stereocenters. The average Bonchev–Trinajstić information content (AvgIpc) is 2.31. The fraction of sp³-hybridized carbons (Fsp3) is 0.273. The second-order valence-electron chi connectivity index (χ2n) is 3.36. The summed E-state index contributed by atoms with van der Waals surface area (Å²) in [6, 6.07) is 6.02. The number of allylic oxidation sites excluding steroid dienone is 1. The van der Waals surface area contributed by atoms with Crippen LogP contribution in [0.3, 0.4) is 0 Å². The fourth-order valence-corrected chi connectivity index (χ4v) is 1.65. The van der Waals surface area contributed by atoms with Gasteiger partial charge in [0, 0.05) is 6.42 Å². The van der Waals surface area contributed by atoms with Gasteiger partial charge in [0.1, 0.15) is 6.17 Å². The number of halogens is 1. The van der Waals surface area contributed by atoms with Crippen LogP contribution in [0.4, 0.5) is 4.39 Å². The molecule has 0 nitrogen and oxygen atoms in total. The maximum Gasteiger partial charge on any atom is 0.129 e. The van der Waals surface area contributed by atoms with E-state index >= 15 is 0 Å². The molecule has 0 aromatic heterocycles. The molecule has 0 fully saturated rings. The van der Waals surface area contributed by atoms with E-state index in [1.807, 2.05) is 25.1 Å². The highest BCUT2D eigenvalue weighted by Gasteiger charge is 2.24. The highest BCUT2D eigenvalue weighted by Crippen LogP contribution is 2.33. The minimum Gasteiger partial charge on any atom is -0.242 e. The van der Waals surface area contributed by atoms with Crippen molar-refractivity contribution in [1.29, 1.82) is 0 Å². The van der Waals surface area contributed by atoms with Crippen molar-refractivity contribution in [3.63, 3.8) is 0 Å². The summed E-state index contributed by atoms with van der Waals surface area (Å²) in [5, 5.41) is 0. The Morgan fingerprint density at radius 3 is 3.00 bits per heavy atom. The van der Waals surface area contributed by atoms with Gasteiger partial charge in [-0.2, -0.15) is 0 Å². The zero-order chi connectivity index (χ0) is 8.72. The van der Waals surface area contributed by atoms with Crippen LogP contribution in [0.2, 0.25) is 0 Å². The third kappa shape index (κ3) is 0.970. The van der Waals surface area contributed by atoms with Crippen LogP contribution in [-0.4, -0.2) is 6.17 Å². The normalized spacial score (nSPS) is 21.2. The lowest BCUT2D eigenvalue weighted by Crippen LogP contribution is -1.94. The predicted octanol–water partition coefficient (Wildman–Crippen LogP) is 2.90. The number of rotatable bonds is 0. The van der Waals surface area contributed by atoms with Gasteiger partial charge in [0.15, 0.2) is 0 Å². The smallest absolute Gasteiger partial charge is 0.129 e. The molecule has 0 radical (unpaired) electrons. The molecule has 1 aliphatic carbocycles. The van der Waals surface area contributed by atoms with Gasteiger partial charge in [0.25, 0.3) is 0 Å². The molecule has 0 spiro atoms. The van der Waals surface area contributed by atoms with Crippen LogP contribution >= 0.6 is 0 Å². The third-order valence-corrected chi connectivity index (χ3v) is 2.39. The summed E-state index contributed by atoms with van der Waals surface area (Å²) < 4.78 is 13.1. The van der Waals surface area contributed by atoms with Crippen molar-refractivity contribution in [1.82, 2.24) is 0 Å². The Balaban J connectivity index is 2.56. The molecule has 62 valence electrons. The van der Waals surface area contributed by atoms with E-state index in [4.69, 9.17) is 0 Å². The molecule has 1 aliphatic rings. The molecule has 0 heterocycles. The first kappa shape index (κ1) is 7.53. The van der Waals surface area contributed by atoms with Gasteiger partial charge in [-0.25, -0.2) is 4.39 Å². The van der Waals surface area contributed by atoms with E-state index in [9.17, 15) is 4.39 Å². The number of hydrogen-bond donors (Lipinski definition) is 0. The standard InChI is InChI=1S/C11H11F/c1-7-3-4-9-6-11(12)8(2)10(9)5-7/h3-5,11H,2,6H2,1H3. The Bertz CT molecular complexity index is 339. The van der Waals surface area contributed by atoms with Crippen molar-refractivity contribution in [2.75, 3.05) is 0 Å². The number of alkyl halides is 1.